The van der Waals surface area contributed by atoms with Gasteiger partial charge in [0.1, 0.15) is 17.6 Å². The van der Waals surface area contributed by atoms with Crippen LogP contribution in [-0.2, 0) is 15.3 Å². The summed E-state index contributed by atoms with van der Waals surface area (Å²) in [5.74, 6) is 0.556. The van der Waals surface area contributed by atoms with E-state index in [1.54, 1.807) is 37.6 Å². The van der Waals surface area contributed by atoms with Crippen LogP contribution >= 0.6 is 11.8 Å². The number of carboxylic acids is 1. The number of rotatable bonds is 6. The summed E-state index contributed by atoms with van der Waals surface area (Å²) in [6, 6.07) is 8.07. The number of nitrogens with zero attached hydrogens (tertiary/aromatic N) is 2. The zero-order chi connectivity index (χ0) is 18.0. The molecular weight excluding hydrogens is 342 g/mol. The Morgan fingerprint density at radius 1 is 1.44 bits per heavy atom. The number of benzene rings is 1. The first-order valence-corrected chi connectivity index (χ1v) is 8.54. The number of hydrogen-bond acceptors (Lipinski definition) is 6. The smallest absolute Gasteiger partial charge is 0.327 e. The van der Waals surface area contributed by atoms with Crippen LogP contribution in [0.1, 0.15) is 12.0 Å². The van der Waals surface area contributed by atoms with Crippen LogP contribution in [0.25, 0.3) is 0 Å². The molecule has 0 radical (unpaired) electrons. The molecule has 3 N–H and O–H groups in total. The van der Waals surface area contributed by atoms with Gasteiger partial charge in [0.2, 0.25) is 5.91 Å². The molecule has 1 fully saturated rings. The zero-order valence-corrected chi connectivity index (χ0v) is 14.3. The number of carbonyl (C=O) groups excluding carboxylic acids is 1. The van der Waals surface area contributed by atoms with E-state index in [9.17, 15) is 14.7 Å². The van der Waals surface area contributed by atoms with Gasteiger partial charge in [-0.05, 0) is 35.9 Å². The normalized spacial score (nSPS) is 16.4. The lowest BCUT2D eigenvalue weighted by molar-refractivity contribution is -0.145. The van der Waals surface area contributed by atoms with E-state index in [4.69, 9.17) is 10.5 Å². The Balaban J connectivity index is 1.83. The minimum Gasteiger partial charge on any atom is -0.496 e. The third kappa shape index (κ3) is 3.53. The van der Waals surface area contributed by atoms with Crippen LogP contribution in [0.5, 0.6) is 5.75 Å². The Morgan fingerprint density at radius 3 is 2.88 bits per heavy atom. The highest BCUT2D eigenvalue weighted by Gasteiger charge is 2.42. The monoisotopic (exact) mass is 359 g/mol. The molecule has 1 unspecified atom stereocenters. The molecule has 0 spiro atoms. The molecule has 130 valence electrons. The number of β-lactam (4-membered cyclic amide) rings is 1. The summed E-state index contributed by atoms with van der Waals surface area (Å²) >= 11 is 1.52. The second kappa shape index (κ2) is 7.02. The van der Waals surface area contributed by atoms with E-state index in [1.807, 2.05) is 6.07 Å². The average Bonchev–Trinajstić information content (AvgIpc) is 2.57. The van der Waals surface area contributed by atoms with Gasteiger partial charge >= 0.3 is 5.97 Å². The molecular formula is C17H17N3O4S. The molecule has 0 bridgehead atoms. The van der Waals surface area contributed by atoms with Gasteiger partial charge in [0.25, 0.3) is 0 Å². The van der Waals surface area contributed by atoms with Crippen molar-refractivity contribution in [3.05, 3.63) is 42.1 Å². The third-order valence-corrected chi connectivity index (χ3v) is 5.01. The second-order valence-corrected chi connectivity index (χ2v) is 6.55. The van der Waals surface area contributed by atoms with Gasteiger partial charge in [0, 0.05) is 17.6 Å². The van der Waals surface area contributed by atoms with Crippen LogP contribution in [0.4, 0.5) is 11.5 Å². The van der Waals surface area contributed by atoms with E-state index in [0.29, 0.717) is 23.0 Å². The Kier molecular flexibility index (Phi) is 4.80. The van der Waals surface area contributed by atoms with E-state index >= 15 is 0 Å². The standard InChI is InChI=1S/C17H17N3O4S/c1-24-13-3-2-11(20-12(17(22)23)8-16(20)21)7-14(13)25-9-10-4-5-19-15(18)6-10/h2-7,12H,8-9H2,1H3,(H2,18,19)(H,22,23). The number of anilines is 2. The molecule has 2 aromatic rings. The van der Waals surface area contributed by atoms with Gasteiger partial charge in [-0.25, -0.2) is 9.78 Å². The molecule has 1 saturated heterocycles. The number of amides is 1. The quantitative estimate of drug-likeness (QED) is 0.601. The molecule has 8 heteroatoms. The van der Waals surface area contributed by atoms with Crippen LogP contribution < -0.4 is 15.4 Å². The Bertz CT molecular complexity index is 827. The number of pyridine rings is 1. The first-order valence-electron chi connectivity index (χ1n) is 7.55. The van der Waals surface area contributed by atoms with Gasteiger partial charge in [0.05, 0.1) is 18.4 Å². The molecule has 1 atom stereocenters. The minimum absolute atomic E-state index is 0.0279. The van der Waals surface area contributed by atoms with Gasteiger partial charge < -0.3 is 15.6 Å². The van der Waals surface area contributed by atoms with Crippen molar-refractivity contribution in [3.8, 4) is 5.75 Å². The van der Waals surface area contributed by atoms with Crippen molar-refractivity contribution < 1.29 is 19.4 Å². The van der Waals surface area contributed by atoms with Crippen molar-refractivity contribution in [2.75, 3.05) is 17.7 Å². The number of nitrogen functional groups attached to an aromatic ring is 1. The van der Waals surface area contributed by atoms with Crippen molar-refractivity contribution in [1.29, 1.82) is 0 Å². The number of aromatic nitrogens is 1. The van der Waals surface area contributed by atoms with Crippen LogP contribution in [0, 0.1) is 0 Å². The number of carbonyl (C=O) groups is 2. The van der Waals surface area contributed by atoms with E-state index < -0.39 is 12.0 Å². The van der Waals surface area contributed by atoms with Gasteiger partial charge in [-0.3, -0.25) is 9.69 Å². The second-order valence-electron chi connectivity index (χ2n) is 5.53. The zero-order valence-electron chi connectivity index (χ0n) is 13.5. The van der Waals surface area contributed by atoms with Crippen LogP contribution in [0.2, 0.25) is 0 Å². The number of aliphatic carboxylic acids is 1. The number of nitrogens with two attached hydrogens (primary N) is 1. The van der Waals surface area contributed by atoms with Crippen molar-refractivity contribution in [1.82, 2.24) is 4.98 Å². The summed E-state index contributed by atoms with van der Waals surface area (Å²) in [6.45, 7) is 0. The minimum atomic E-state index is -1.00. The third-order valence-electron chi connectivity index (χ3n) is 3.90. The maximum Gasteiger partial charge on any atom is 0.327 e. The first-order chi connectivity index (χ1) is 12.0. The summed E-state index contributed by atoms with van der Waals surface area (Å²) in [5.41, 5.74) is 7.25. The predicted octanol–water partition coefficient (Wildman–Crippen LogP) is 2.15. The van der Waals surface area contributed by atoms with E-state index in [0.717, 1.165) is 10.5 Å². The maximum atomic E-state index is 11.8. The van der Waals surface area contributed by atoms with Gasteiger partial charge in [-0.15, -0.1) is 11.8 Å². The molecule has 7 nitrogen and oxygen atoms in total. The predicted molar refractivity (Wildman–Crippen MR) is 94.7 cm³/mol. The summed E-state index contributed by atoms with van der Waals surface area (Å²) < 4.78 is 5.37. The lowest BCUT2D eigenvalue weighted by Crippen LogP contribution is -2.57. The first kappa shape index (κ1) is 17.1. The fourth-order valence-electron chi connectivity index (χ4n) is 2.61. The van der Waals surface area contributed by atoms with E-state index in [1.165, 1.54) is 16.7 Å². The van der Waals surface area contributed by atoms with E-state index in [2.05, 4.69) is 4.98 Å². The van der Waals surface area contributed by atoms with Crippen molar-refractivity contribution >= 4 is 35.1 Å². The van der Waals surface area contributed by atoms with Crippen LogP contribution in [0.3, 0.4) is 0 Å². The molecule has 1 aromatic heterocycles. The molecule has 1 aliphatic rings. The Labute approximate surface area is 148 Å². The highest BCUT2D eigenvalue weighted by atomic mass is 32.2. The molecule has 3 rings (SSSR count). The summed E-state index contributed by atoms with van der Waals surface area (Å²) in [5, 5.41) is 9.19. The lowest BCUT2D eigenvalue weighted by Gasteiger charge is -2.37. The highest BCUT2D eigenvalue weighted by Crippen LogP contribution is 2.37. The number of methoxy groups -OCH3 is 1. The Morgan fingerprint density at radius 2 is 2.24 bits per heavy atom. The number of thioether (sulfide) groups is 1. The number of hydrogen-bond donors (Lipinski definition) is 2. The summed E-state index contributed by atoms with van der Waals surface area (Å²) in [4.78, 5) is 29.1. The van der Waals surface area contributed by atoms with Crippen LogP contribution in [-0.4, -0.2) is 35.1 Å². The van der Waals surface area contributed by atoms with Crippen molar-refractivity contribution in [2.45, 2.75) is 23.1 Å². The molecule has 1 amide bonds. The fourth-order valence-corrected chi connectivity index (χ4v) is 3.61. The molecule has 2 heterocycles. The van der Waals surface area contributed by atoms with Crippen molar-refractivity contribution in [3.63, 3.8) is 0 Å². The average molecular weight is 359 g/mol. The van der Waals surface area contributed by atoms with Gasteiger partial charge in [-0.1, -0.05) is 0 Å². The number of carboxylic acid groups (broad SMARTS) is 1. The molecule has 0 saturated carbocycles. The Hall–Kier alpha value is -2.74. The topological polar surface area (TPSA) is 106 Å². The van der Waals surface area contributed by atoms with E-state index in [-0.39, 0.29) is 12.3 Å². The molecule has 1 aromatic carbocycles. The summed E-state index contributed by atoms with van der Waals surface area (Å²) in [6.07, 6.45) is 1.68. The molecule has 25 heavy (non-hydrogen) atoms. The summed E-state index contributed by atoms with van der Waals surface area (Å²) in [7, 11) is 1.57. The fraction of sp³-hybridized carbons (Fsp3) is 0.235. The molecule has 1 aliphatic heterocycles. The SMILES string of the molecule is COc1ccc(N2C(=O)CC2C(=O)O)cc1SCc1ccnc(N)c1. The lowest BCUT2D eigenvalue weighted by atomic mass is 10.0. The van der Waals surface area contributed by atoms with Crippen molar-refractivity contribution in [2.24, 2.45) is 0 Å². The largest absolute Gasteiger partial charge is 0.496 e. The van der Waals surface area contributed by atoms with Gasteiger partial charge in [0.15, 0.2) is 0 Å². The highest BCUT2D eigenvalue weighted by molar-refractivity contribution is 7.98. The van der Waals surface area contributed by atoms with Gasteiger partial charge in [-0.2, -0.15) is 0 Å². The molecule has 0 aliphatic carbocycles. The van der Waals surface area contributed by atoms with Crippen LogP contribution in [0.15, 0.2) is 41.4 Å². The number of ether oxygens (including phenoxy) is 1. The maximum absolute atomic E-state index is 11.8.